The Morgan fingerprint density at radius 3 is 2.47 bits per heavy atom. The largest absolute Gasteiger partial charge is 0.480 e. The van der Waals surface area contributed by atoms with Gasteiger partial charge < -0.3 is 15.3 Å². The number of rotatable bonds is 5. The first kappa shape index (κ1) is 15.5. The summed E-state index contributed by atoms with van der Waals surface area (Å²) in [5, 5.41) is 11.9. The van der Waals surface area contributed by atoms with Gasteiger partial charge >= 0.3 is 12.0 Å². The van der Waals surface area contributed by atoms with Crippen LogP contribution in [0, 0.1) is 6.92 Å². The van der Waals surface area contributed by atoms with Gasteiger partial charge in [0.2, 0.25) is 0 Å². The first-order valence-electron chi connectivity index (χ1n) is 6.13. The van der Waals surface area contributed by atoms with Gasteiger partial charge in [0.1, 0.15) is 5.54 Å². The van der Waals surface area contributed by atoms with Gasteiger partial charge in [-0.1, -0.05) is 0 Å². The average molecular weight is 284 g/mol. The molecule has 1 aromatic heterocycles. The number of nitrogens with one attached hydrogen (secondary N) is 1. The highest BCUT2D eigenvalue weighted by atomic mass is 32.1. The summed E-state index contributed by atoms with van der Waals surface area (Å²) >= 11 is 1.61. The van der Waals surface area contributed by atoms with Crippen molar-refractivity contribution in [2.45, 2.75) is 39.8 Å². The minimum Gasteiger partial charge on any atom is -0.480 e. The van der Waals surface area contributed by atoms with E-state index in [2.05, 4.69) is 5.32 Å². The van der Waals surface area contributed by atoms with Crippen molar-refractivity contribution < 1.29 is 14.7 Å². The van der Waals surface area contributed by atoms with Gasteiger partial charge in [-0.25, -0.2) is 9.59 Å². The number of hydrogen-bond acceptors (Lipinski definition) is 3. The molecule has 106 valence electrons. The molecule has 0 aromatic carbocycles. The van der Waals surface area contributed by atoms with E-state index >= 15 is 0 Å². The normalized spacial score (nSPS) is 11.2. The van der Waals surface area contributed by atoms with E-state index in [1.165, 1.54) is 23.6 Å². The third-order valence-electron chi connectivity index (χ3n) is 2.97. The van der Waals surface area contributed by atoms with Crippen molar-refractivity contribution >= 4 is 23.3 Å². The molecule has 0 aliphatic heterocycles. The molecule has 0 spiro atoms. The monoisotopic (exact) mass is 284 g/mol. The van der Waals surface area contributed by atoms with Gasteiger partial charge in [0.15, 0.2) is 0 Å². The quantitative estimate of drug-likeness (QED) is 0.872. The molecule has 1 rings (SSSR count). The summed E-state index contributed by atoms with van der Waals surface area (Å²) in [6, 6.07) is 3.59. The van der Waals surface area contributed by atoms with Crippen molar-refractivity contribution in [3.63, 3.8) is 0 Å². The van der Waals surface area contributed by atoms with Crippen molar-refractivity contribution in [3.8, 4) is 0 Å². The molecule has 0 unspecified atom stereocenters. The molecule has 0 saturated carbocycles. The van der Waals surface area contributed by atoms with Crippen LogP contribution in [0.15, 0.2) is 12.1 Å². The van der Waals surface area contributed by atoms with E-state index < -0.39 is 11.5 Å². The highest BCUT2D eigenvalue weighted by Gasteiger charge is 2.36. The van der Waals surface area contributed by atoms with E-state index in [0.717, 1.165) is 4.88 Å². The summed E-state index contributed by atoms with van der Waals surface area (Å²) < 4.78 is 0. The smallest absolute Gasteiger partial charge is 0.329 e. The van der Waals surface area contributed by atoms with Crippen LogP contribution in [0.25, 0.3) is 0 Å². The first-order chi connectivity index (χ1) is 8.78. The highest BCUT2D eigenvalue weighted by Crippen LogP contribution is 2.17. The zero-order valence-electron chi connectivity index (χ0n) is 11.7. The molecule has 0 saturated heterocycles. The summed E-state index contributed by atoms with van der Waals surface area (Å²) in [5.74, 6) is -1.02. The number of aryl methyl sites for hydroxylation is 1. The average Bonchev–Trinajstić information content (AvgIpc) is 2.73. The summed E-state index contributed by atoms with van der Waals surface area (Å²) in [5.41, 5.74) is -1.22. The molecule has 1 heterocycles. The lowest BCUT2D eigenvalue weighted by molar-refractivity contribution is -0.147. The molecule has 2 amide bonds. The number of nitrogens with zero attached hydrogens (tertiary/aromatic N) is 1. The van der Waals surface area contributed by atoms with Gasteiger partial charge in [0.25, 0.3) is 0 Å². The lowest BCUT2D eigenvalue weighted by atomic mass is 10.0. The number of carbonyl (C=O) groups excluding carboxylic acids is 1. The first-order valence-corrected chi connectivity index (χ1v) is 6.94. The summed E-state index contributed by atoms with van der Waals surface area (Å²) in [4.78, 5) is 26.8. The predicted octanol–water partition coefficient (Wildman–Crippen LogP) is 2.45. The molecule has 6 heteroatoms. The van der Waals surface area contributed by atoms with E-state index in [4.69, 9.17) is 5.11 Å². The van der Waals surface area contributed by atoms with Crippen molar-refractivity contribution in [1.82, 2.24) is 10.2 Å². The number of thiophene rings is 1. The second-order valence-electron chi connectivity index (χ2n) is 4.78. The Morgan fingerprint density at radius 2 is 2.05 bits per heavy atom. The number of likely N-dealkylation sites (N-methyl/N-ethyl adjacent to an activating group) is 1. The maximum Gasteiger partial charge on any atom is 0.329 e. The highest BCUT2D eigenvalue weighted by molar-refractivity contribution is 7.11. The number of amides is 2. The second-order valence-corrected chi connectivity index (χ2v) is 6.15. The zero-order valence-corrected chi connectivity index (χ0v) is 12.5. The number of carbonyl (C=O) groups is 2. The third kappa shape index (κ3) is 3.70. The lowest BCUT2D eigenvalue weighted by Gasteiger charge is -2.34. The van der Waals surface area contributed by atoms with E-state index in [1.807, 2.05) is 19.1 Å². The summed E-state index contributed by atoms with van der Waals surface area (Å²) in [6.07, 6.45) is 0. The standard InChI is InChI=1S/C13H20N2O3S/c1-5-15(13(3,4)11(16)17)12(18)14-8-10-7-6-9(2)19-10/h6-7H,5,8H2,1-4H3,(H,14,18)(H,16,17). The Morgan fingerprint density at radius 1 is 1.42 bits per heavy atom. The van der Waals surface area contributed by atoms with Crippen LogP contribution >= 0.6 is 11.3 Å². The molecule has 1 aromatic rings. The Bertz CT molecular complexity index is 468. The molecule has 0 fully saturated rings. The number of carboxylic acids is 1. The molecule has 0 atom stereocenters. The Hall–Kier alpha value is -1.56. The maximum atomic E-state index is 12.1. The second kappa shape index (κ2) is 6.06. The number of aliphatic carboxylic acids is 1. The number of hydrogen-bond donors (Lipinski definition) is 2. The fourth-order valence-corrected chi connectivity index (χ4v) is 2.58. The van der Waals surface area contributed by atoms with E-state index in [1.54, 1.807) is 18.3 Å². The lowest BCUT2D eigenvalue weighted by Crippen LogP contribution is -2.55. The Balaban J connectivity index is 2.67. The minimum absolute atomic E-state index is 0.342. The molecule has 2 N–H and O–H groups in total. The zero-order chi connectivity index (χ0) is 14.6. The van der Waals surface area contributed by atoms with E-state index in [9.17, 15) is 9.59 Å². The van der Waals surface area contributed by atoms with Crippen molar-refractivity contribution in [3.05, 3.63) is 21.9 Å². The van der Waals surface area contributed by atoms with Gasteiger partial charge in [-0.05, 0) is 39.8 Å². The third-order valence-corrected chi connectivity index (χ3v) is 3.97. The minimum atomic E-state index is -1.22. The summed E-state index contributed by atoms with van der Waals surface area (Å²) in [7, 11) is 0. The molecule has 5 nitrogen and oxygen atoms in total. The Kier molecular flexibility index (Phi) is 4.94. The van der Waals surface area contributed by atoms with Gasteiger partial charge in [-0.3, -0.25) is 0 Å². The van der Waals surface area contributed by atoms with Crippen LogP contribution in [0.5, 0.6) is 0 Å². The van der Waals surface area contributed by atoms with E-state index in [0.29, 0.717) is 13.1 Å². The van der Waals surface area contributed by atoms with Gasteiger partial charge in [0, 0.05) is 16.3 Å². The molecule has 0 aliphatic rings. The van der Waals surface area contributed by atoms with Crippen LogP contribution in [-0.2, 0) is 11.3 Å². The molecule has 19 heavy (non-hydrogen) atoms. The maximum absolute atomic E-state index is 12.1. The topological polar surface area (TPSA) is 69.6 Å². The van der Waals surface area contributed by atoms with Crippen molar-refractivity contribution in [2.24, 2.45) is 0 Å². The SMILES string of the molecule is CCN(C(=O)NCc1ccc(C)s1)C(C)(C)C(=O)O. The van der Waals surface area contributed by atoms with Crippen LogP contribution < -0.4 is 5.32 Å². The Labute approximate surface area is 117 Å². The molecule has 0 radical (unpaired) electrons. The predicted molar refractivity (Wildman–Crippen MR) is 75.4 cm³/mol. The van der Waals surface area contributed by atoms with E-state index in [-0.39, 0.29) is 6.03 Å². The van der Waals surface area contributed by atoms with Gasteiger partial charge in [-0.2, -0.15) is 0 Å². The molecule has 0 aliphatic carbocycles. The number of urea groups is 1. The van der Waals surface area contributed by atoms with Crippen LogP contribution in [-0.4, -0.2) is 34.1 Å². The summed E-state index contributed by atoms with van der Waals surface area (Å²) in [6.45, 7) is 7.57. The van der Waals surface area contributed by atoms with Crippen molar-refractivity contribution in [1.29, 1.82) is 0 Å². The number of carboxylic acid groups (broad SMARTS) is 1. The molecular formula is C13H20N2O3S. The fourth-order valence-electron chi connectivity index (χ4n) is 1.75. The van der Waals surface area contributed by atoms with Gasteiger partial charge in [0.05, 0.1) is 6.54 Å². The fraction of sp³-hybridized carbons (Fsp3) is 0.538. The van der Waals surface area contributed by atoms with Crippen LogP contribution in [0.4, 0.5) is 4.79 Å². The molecule has 0 bridgehead atoms. The van der Waals surface area contributed by atoms with Crippen molar-refractivity contribution in [2.75, 3.05) is 6.54 Å². The molecular weight excluding hydrogens is 264 g/mol. The van der Waals surface area contributed by atoms with Crippen LogP contribution in [0.2, 0.25) is 0 Å². The van der Waals surface area contributed by atoms with Crippen LogP contribution in [0.1, 0.15) is 30.5 Å². The van der Waals surface area contributed by atoms with Gasteiger partial charge in [-0.15, -0.1) is 11.3 Å². The van der Waals surface area contributed by atoms with Crippen LogP contribution in [0.3, 0.4) is 0 Å².